The number of halogens is 1. The Morgan fingerprint density at radius 3 is 2.46 bits per heavy atom. The first kappa shape index (κ1) is 18.9. The molecule has 26 heavy (non-hydrogen) atoms. The van der Waals surface area contributed by atoms with Crippen LogP contribution in [0, 0.1) is 0 Å². The SMILES string of the molecule is Brc1cccc(CN=C2Nc3ccccc3NC23CCNCC3)c1.CC. The average Bonchev–Trinajstić information content (AvgIpc) is 2.69. The zero-order chi connectivity index (χ0) is 18.4. The normalized spacial score (nSPS) is 19.0. The van der Waals surface area contributed by atoms with Gasteiger partial charge in [0.15, 0.2) is 0 Å². The van der Waals surface area contributed by atoms with E-state index in [1.54, 1.807) is 0 Å². The predicted molar refractivity (Wildman–Crippen MR) is 115 cm³/mol. The molecular formula is C21H27BrN4. The van der Waals surface area contributed by atoms with Crippen LogP contribution in [0.5, 0.6) is 0 Å². The van der Waals surface area contributed by atoms with Crippen LogP contribution in [0.4, 0.5) is 11.4 Å². The predicted octanol–water partition coefficient (Wildman–Crippen LogP) is 5.03. The Labute approximate surface area is 164 Å². The molecule has 1 saturated heterocycles. The Morgan fingerprint density at radius 1 is 1.00 bits per heavy atom. The van der Waals surface area contributed by atoms with Crippen LogP contribution in [0.3, 0.4) is 0 Å². The maximum atomic E-state index is 4.96. The van der Waals surface area contributed by atoms with Gasteiger partial charge in [-0.15, -0.1) is 0 Å². The first-order chi connectivity index (χ1) is 12.8. The fourth-order valence-corrected chi connectivity index (χ4v) is 3.92. The van der Waals surface area contributed by atoms with E-state index in [0.717, 1.165) is 41.9 Å². The molecule has 2 aliphatic heterocycles. The highest BCUT2D eigenvalue weighted by atomic mass is 79.9. The van der Waals surface area contributed by atoms with Gasteiger partial charge < -0.3 is 16.0 Å². The molecule has 2 aromatic carbocycles. The van der Waals surface area contributed by atoms with Crippen molar-refractivity contribution in [3.05, 3.63) is 58.6 Å². The van der Waals surface area contributed by atoms with Crippen LogP contribution in [0.15, 0.2) is 58.0 Å². The number of amidine groups is 1. The molecule has 2 aliphatic rings. The quantitative estimate of drug-likeness (QED) is 0.645. The van der Waals surface area contributed by atoms with E-state index < -0.39 is 0 Å². The molecule has 0 radical (unpaired) electrons. The van der Waals surface area contributed by atoms with Crippen LogP contribution in [-0.2, 0) is 6.54 Å². The van der Waals surface area contributed by atoms with Gasteiger partial charge in [0.1, 0.15) is 5.84 Å². The van der Waals surface area contributed by atoms with Gasteiger partial charge >= 0.3 is 0 Å². The van der Waals surface area contributed by atoms with Gasteiger partial charge in [-0.2, -0.15) is 0 Å². The van der Waals surface area contributed by atoms with E-state index in [4.69, 9.17) is 4.99 Å². The fourth-order valence-electron chi connectivity index (χ4n) is 3.48. The highest BCUT2D eigenvalue weighted by molar-refractivity contribution is 9.10. The molecule has 0 amide bonds. The molecule has 4 nitrogen and oxygen atoms in total. The van der Waals surface area contributed by atoms with Crippen molar-refractivity contribution in [2.75, 3.05) is 23.7 Å². The number of rotatable bonds is 2. The minimum atomic E-state index is -0.0917. The van der Waals surface area contributed by atoms with Gasteiger partial charge in [-0.05, 0) is 55.8 Å². The van der Waals surface area contributed by atoms with Crippen molar-refractivity contribution < 1.29 is 0 Å². The van der Waals surface area contributed by atoms with E-state index in [1.165, 1.54) is 11.3 Å². The lowest BCUT2D eigenvalue weighted by Gasteiger charge is -2.44. The fraction of sp³-hybridized carbons (Fsp3) is 0.381. The van der Waals surface area contributed by atoms with Gasteiger partial charge in [0.25, 0.3) is 0 Å². The summed E-state index contributed by atoms with van der Waals surface area (Å²) >= 11 is 3.53. The van der Waals surface area contributed by atoms with Crippen LogP contribution < -0.4 is 16.0 Å². The number of aliphatic imine (C=N–C) groups is 1. The number of piperidine rings is 1. The molecule has 1 fully saturated rings. The summed E-state index contributed by atoms with van der Waals surface area (Å²) in [4.78, 5) is 4.96. The van der Waals surface area contributed by atoms with Crippen molar-refractivity contribution >= 4 is 33.1 Å². The van der Waals surface area contributed by atoms with Crippen molar-refractivity contribution in [3.63, 3.8) is 0 Å². The minimum absolute atomic E-state index is 0.0917. The van der Waals surface area contributed by atoms with Crippen LogP contribution >= 0.6 is 15.9 Å². The van der Waals surface area contributed by atoms with Crippen molar-refractivity contribution in [3.8, 4) is 0 Å². The van der Waals surface area contributed by atoms with Gasteiger partial charge in [0.05, 0.1) is 23.5 Å². The Kier molecular flexibility index (Phi) is 6.33. The van der Waals surface area contributed by atoms with Gasteiger partial charge in [0, 0.05) is 4.47 Å². The van der Waals surface area contributed by atoms with Gasteiger partial charge in [0.2, 0.25) is 0 Å². The first-order valence-corrected chi connectivity index (χ1v) is 10.2. The number of anilines is 2. The lowest BCUT2D eigenvalue weighted by molar-refractivity contribution is 0.419. The van der Waals surface area contributed by atoms with E-state index in [9.17, 15) is 0 Å². The molecule has 5 heteroatoms. The molecule has 4 rings (SSSR count). The van der Waals surface area contributed by atoms with Crippen molar-refractivity contribution in [1.29, 1.82) is 0 Å². The van der Waals surface area contributed by atoms with E-state index in [1.807, 2.05) is 19.9 Å². The number of fused-ring (bicyclic) bond motifs is 1. The maximum absolute atomic E-state index is 4.96. The second kappa shape index (κ2) is 8.69. The number of nitrogens with zero attached hydrogens (tertiary/aromatic N) is 1. The summed E-state index contributed by atoms with van der Waals surface area (Å²) < 4.78 is 1.09. The molecule has 2 heterocycles. The summed E-state index contributed by atoms with van der Waals surface area (Å²) in [6.45, 7) is 6.69. The summed E-state index contributed by atoms with van der Waals surface area (Å²) in [5.74, 6) is 1.06. The largest absolute Gasteiger partial charge is 0.371 e. The van der Waals surface area contributed by atoms with Crippen molar-refractivity contribution in [2.45, 2.75) is 38.8 Å². The monoisotopic (exact) mass is 414 g/mol. The topological polar surface area (TPSA) is 48.5 Å². The zero-order valence-corrected chi connectivity index (χ0v) is 17.1. The number of hydrogen-bond donors (Lipinski definition) is 3. The van der Waals surface area contributed by atoms with E-state index in [-0.39, 0.29) is 5.54 Å². The summed E-state index contributed by atoms with van der Waals surface area (Å²) in [6.07, 6.45) is 2.07. The van der Waals surface area contributed by atoms with Crippen LogP contribution in [-0.4, -0.2) is 24.5 Å². The molecule has 0 aliphatic carbocycles. The van der Waals surface area contributed by atoms with Crippen molar-refractivity contribution in [2.24, 2.45) is 4.99 Å². The van der Waals surface area contributed by atoms with Gasteiger partial charge in [-0.3, -0.25) is 4.99 Å². The molecule has 3 N–H and O–H groups in total. The van der Waals surface area contributed by atoms with E-state index >= 15 is 0 Å². The molecule has 0 unspecified atom stereocenters. The highest BCUT2D eigenvalue weighted by Crippen LogP contribution is 2.35. The molecule has 2 aromatic rings. The van der Waals surface area contributed by atoms with Gasteiger partial charge in [-0.1, -0.05) is 54.0 Å². The number of nitrogens with one attached hydrogen (secondary N) is 3. The third kappa shape index (κ3) is 4.10. The molecule has 1 spiro atoms. The third-order valence-electron chi connectivity index (χ3n) is 4.77. The second-order valence-corrected chi connectivity index (χ2v) is 7.34. The van der Waals surface area contributed by atoms with Crippen LogP contribution in [0.25, 0.3) is 0 Å². The first-order valence-electron chi connectivity index (χ1n) is 9.40. The summed E-state index contributed by atoms with van der Waals surface area (Å²) in [7, 11) is 0. The highest BCUT2D eigenvalue weighted by Gasteiger charge is 2.40. The Morgan fingerprint density at radius 2 is 1.73 bits per heavy atom. The second-order valence-electron chi connectivity index (χ2n) is 6.42. The van der Waals surface area contributed by atoms with E-state index in [2.05, 4.69) is 74.3 Å². The molecule has 0 saturated carbocycles. The summed E-state index contributed by atoms with van der Waals surface area (Å²) in [5, 5.41) is 10.8. The lowest BCUT2D eigenvalue weighted by atomic mass is 9.84. The van der Waals surface area contributed by atoms with Gasteiger partial charge in [-0.25, -0.2) is 0 Å². The molecular weight excluding hydrogens is 388 g/mol. The Balaban J connectivity index is 0.000000948. The molecule has 0 bridgehead atoms. The minimum Gasteiger partial charge on any atom is -0.371 e. The smallest absolute Gasteiger partial charge is 0.127 e. The third-order valence-corrected chi connectivity index (χ3v) is 5.27. The molecule has 0 aromatic heterocycles. The number of para-hydroxylation sites is 2. The zero-order valence-electron chi connectivity index (χ0n) is 15.5. The van der Waals surface area contributed by atoms with Crippen LogP contribution in [0.2, 0.25) is 0 Å². The average molecular weight is 415 g/mol. The number of hydrogen-bond acceptors (Lipinski definition) is 3. The standard InChI is InChI=1S/C19H21BrN4.C2H6/c20-15-5-3-4-14(12-15)13-22-18-19(8-10-21-11-9-19)24-17-7-2-1-6-16(17)23-18;1-2/h1-7,12,21,24H,8-11,13H2,(H,22,23);1-2H3. The molecule has 0 atom stereocenters. The Hall–Kier alpha value is -1.85. The lowest BCUT2D eigenvalue weighted by Crippen LogP contribution is -2.57. The van der Waals surface area contributed by atoms with E-state index in [0.29, 0.717) is 6.54 Å². The Bertz CT molecular complexity index is 766. The van der Waals surface area contributed by atoms with Crippen LogP contribution in [0.1, 0.15) is 32.3 Å². The summed E-state index contributed by atoms with van der Waals surface area (Å²) in [6, 6.07) is 16.7. The molecule has 138 valence electrons. The maximum Gasteiger partial charge on any atom is 0.127 e. The van der Waals surface area contributed by atoms with Crippen molar-refractivity contribution in [1.82, 2.24) is 5.32 Å². The number of benzene rings is 2. The summed E-state index contributed by atoms with van der Waals surface area (Å²) in [5.41, 5.74) is 3.39.